The van der Waals surface area contributed by atoms with Gasteiger partial charge in [0.05, 0.1) is 0 Å². The van der Waals surface area contributed by atoms with E-state index >= 15 is 0 Å². The maximum atomic E-state index is 12.5. The fraction of sp³-hybridized carbons (Fsp3) is 0.556. The number of ether oxygens (including phenoxy) is 1. The maximum Gasteiger partial charge on any atom is 0.342 e. The highest BCUT2D eigenvalue weighted by Crippen LogP contribution is 2.35. The first-order valence-electron chi connectivity index (χ1n) is 8.41. The van der Waals surface area contributed by atoms with Crippen molar-refractivity contribution >= 4 is 11.9 Å². The van der Waals surface area contributed by atoms with Crippen LogP contribution in [0.1, 0.15) is 48.9 Å². The van der Waals surface area contributed by atoms with Crippen LogP contribution in [0, 0.1) is 5.92 Å². The van der Waals surface area contributed by atoms with Crippen molar-refractivity contribution in [2.24, 2.45) is 5.92 Å². The number of phenolic OH excluding ortho intramolecular Hbond substituents is 1. The standard InChI is InChI=1S/C18H23NO4/c20-16-10-4-2-8-14(16)18(22)23-12-17(21)19-11-5-7-13-6-1-3-9-15(13)19/h2,4,8,10,13,15,20H,1,3,5-7,9,11-12H2/t13-,15+/m0/s1. The smallest absolute Gasteiger partial charge is 0.342 e. The molecule has 3 rings (SSSR count). The van der Waals surface area contributed by atoms with E-state index in [0.717, 1.165) is 19.4 Å². The molecule has 2 aliphatic rings. The van der Waals surface area contributed by atoms with Crippen LogP contribution in [-0.4, -0.2) is 41.1 Å². The van der Waals surface area contributed by atoms with Gasteiger partial charge in [0.25, 0.3) is 5.91 Å². The summed E-state index contributed by atoms with van der Waals surface area (Å²) in [6.07, 6.45) is 6.91. The molecule has 1 N–H and O–H groups in total. The van der Waals surface area contributed by atoms with Crippen molar-refractivity contribution in [3.05, 3.63) is 29.8 Å². The Morgan fingerprint density at radius 2 is 1.87 bits per heavy atom. The minimum Gasteiger partial charge on any atom is -0.507 e. The van der Waals surface area contributed by atoms with Crippen molar-refractivity contribution in [2.45, 2.75) is 44.6 Å². The molecular formula is C18H23NO4. The molecule has 5 heteroatoms. The Balaban J connectivity index is 1.58. The monoisotopic (exact) mass is 317 g/mol. The van der Waals surface area contributed by atoms with Gasteiger partial charge in [-0.15, -0.1) is 0 Å². The van der Waals surface area contributed by atoms with E-state index in [9.17, 15) is 14.7 Å². The molecule has 0 aromatic heterocycles. The van der Waals surface area contributed by atoms with E-state index < -0.39 is 5.97 Å². The second kappa shape index (κ2) is 7.02. The number of esters is 1. The molecule has 1 heterocycles. The van der Waals surface area contributed by atoms with Gasteiger partial charge in [-0.05, 0) is 43.7 Å². The normalized spacial score (nSPS) is 23.9. The third-order valence-corrected chi connectivity index (χ3v) is 5.01. The lowest BCUT2D eigenvalue weighted by atomic mass is 9.78. The van der Waals surface area contributed by atoms with Crippen LogP contribution in [0.25, 0.3) is 0 Å². The lowest BCUT2D eigenvalue weighted by Crippen LogP contribution is -2.50. The van der Waals surface area contributed by atoms with Crippen molar-refractivity contribution in [2.75, 3.05) is 13.2 Å². The first kappa shape index (κ1) is 15.8. The molecular weight excluding hydrogens is 294 g/mol. The Kier molecular flexibility index (Phi) is 4.84. The van der Waals surface area contributed by atoms with E-state index in [1.165, 1.54) is 37.8 Å². The molecule has 0 spiro atoms. The Labute approximate surface area is 136 Å². The zero-order valence-corrected chi connectivity index (χ0v) is 13.2. The topological polar surface area (TPSA) is 66.8 Å². The number of carbonyl (C=O) groups excluding carboxylic acids is 2. The number of rotatable bonds is 3. The van der Waals surface area contributed by atoms with E-state index in [1.807, 2.05) is 4.90 Å². The summed E-state index contributed by atoms with van der Waals surface area (Å²) in [4.78, 5) is 26.4. The lowest BCUT2D eigenvalue weighted by Gasteiger charge is -2.44. The number of fused-ring (bicyclic) bond motifs is 1. The molecule has 1 saturated heterocycles. The van der Waals surface area contributed by atoms with Gasteiger partial charge in [0.2, 0.25) is 0 Å². The van der Waals surface area contributed by atoms with Crippen LogP contribution in [-0.2, 0) is 9.53 Å². The summed E-state index contributed by atoms with van der Waals surface area (Å²) >= 11 is 0. The third-order valence-electron chi connectivity index (χ3n) is 5.01. The van der Waals surface area contributed by atoms with Gasteiger partial charge in [-0.25, -0.2) is 4.79 Å². The van der Waals surface area contributed by atoms with Crippen LogP contribution >= 0.6 is 0 Å². The molecule has 1 aliphatic heterocycles. The minimum absolute atomic E-state index is 0.0921. The average molecular weight is 317 g/mol. The SMILES string of the molecule is O=C(OCC(=O)N1CCC[C@@H]2CCCC[C@H]21)c1ccccc1O. The quantitative estimate of drug-likeness (QED) is 0.871. The third kappa shape index (κ3) is 3.49. The number of likely N-dealkylation sites (tertiary alicyclic amines) is 1. The van der Waals surface area contributed by atoms with E-state index in [-0.39, 0.29) is 23.8 Å². The molecule has 2 atom stereocenters. The van der Waals surface area contributed by atoms with E-state index in [1.54, 1.807) is 12.1 Å². The predicted octanol–water partition coefficient (Wildman–Crippen LogP) is 2.73. The summed E-state index contributed by atoms with van der Waals surface area (Å²) in [5, 5.41) is 9.65. The summed E-state index contributed by atoms with van der Waals surface area (Å²) in [5.74, 6) is -0.301. The van der Waals surface area contributed by atoms with Crippen LogP contribution in [0.2, 0.25) is 0 Å². The summed E-state index contributed by atoms with van der Waals surface area (Å²) in [7, 11) is 0. The van der Waals surface area contributed by atoms with Gasteiger partial charge >= 0.3 is 5.97 Å². The van der Waals surface area contributed by atoms with Crippen LogP contribution in [0.3, 0.4) is 0 Å². The summed E-state index contributed by atoms with van der Waals surface area (Å²) in [6.45, 7) is 0.504. The molecule has 124 valence electrons. The number of para-hydroxylation sites is 1. The van der Waals surface area contributed by atoms with E-state index in [2.05, 4.69) is 0 Å². The average Bonchev–Trinajstić information content (AvgIpc) is 2.59. The van der Waals surface area contributed by atoms with E-state index in [0.29, 0.717) is 12.0 Å². The van der Waals surface area contributed by atoms with Crippen LogP contribution < -0.4 is 0 Å². The zero-order valence-electron chi connectivity index (χ0n) is 13.2. The molecule has 1 aromatic rings. The van der Waals surface area contributed by atoms with Gasteiger partial charge in [0.15, 0.2) is 6.61 Å². The number of aromatic hydroxyl groups is 1. The fourth-order valence-corrected chi connectivity index (χ4v) is 3.87. The van der Waals surface area contributed by atoms with Gasteiger partial charge in [-0.3, -0.25) is 4.79 Å². The van der Waals surface area contributed by atoms with Gasteiger partial charge in [-0.2, -0.15) is 0 Å². The lowest BCUT2D eigenvalue weighted by molar-refractivity contribution is -0.140. The zero-order chi connectivity index (χ0) is 16.2. The van der Waals surface area contributed by atoms with Crippen LogP contribution in [0.15, 0.2) is 24.3 Å². The number of phenols is 1. The second-order valence-electron chi connectivity index (χ2n) is 6.43. The van der Waals surface area contributed by atoms with Crippen molar-refractivity contribution in [1.29, 1.82) is 0 Å². The number of nitrogens with zero attached hydrogens (tertiary/aromatic N) is 1. The molecule has 0 unspecified atom stereocenters. The molecule has 1 saturated carbocycles. The van der Waals surface area contributed by atoms with E-state index in [4.69, 9.17) is 4.74 Å². The number of amides is 1. The molecule has 2 fully saturated rings. The maximum absolute atomic E-state index is 12.5. The molecule has 23 heavy (non-hydrogen) atoms. The number of hydrogen-bond donors (Lipinski definition) is 1. The molecule has 1 aliphatic carbocycles. The number of carbonyl (C=O) groups is 2. The van der Waals surface area contributed by atoms with Gasteiger partial charge in [-0.1, -0.05) is 25.0 Å². The van der Waals surface area contributed by atoms with Crippen molar-refractivity contribution in [1.82, 2.24) is 4.90 Å². The molecule has 1 aromatic carbocycles. The largest absolute Gasteiger partial charge is 0.507 e. The first-order chi connectivity index (χ1) is 11.2. The minimum atomic E-state index is -0.659. The van der Waals surface area contributed by atoms with Crippen LogP contribution in [0.4, 0.5) is 0 Å². The van der Waals surface area contributed by atoms with Gasteiger partial charge in [0.1, 0.15) is 11.3 Å². The first-order valence-corrected chi connectivity index (χ1v) is 8.41. The Morgan fingerprint density at radius 3 is 2.70 bits per heavy atom. The van der Waals surface area contributed by atoms with Crippen molar-refractivity contribution in [3.63, 3.8) is 0 Å². The van der Waals surface area contributed by atoms with Gasteiger partial charge < -0.3 is 14.7 Å². The summed E-state index contributed by atoms with van der Waals surface area (Å²) < 4.78 is 5.11. The Morgan fingerprint density at radius 1 is 1.13 bits per heavy atom. The molecule has 0 radical (unpaired) electrons. The highest BCUT2D eigenvalue weighted by atomic mass is 16.5. The second-order valence-corrected chi connectivity index (χ2v) is 6.43. The van der Waals surface area contributed by atoms with Crippen molar-refractivity contribution < 1.29 is 19.4 Å². The fourth-order valence-electron chi connectivity index (χ4n) is 3.87. The highest BCUT2D eigenvalue weighted by Gasteiger charge is 2.35. The number of piperidine rings is 1. The van der Waals surface area contributed by atoms with Crippen molar-refractivity contribution in [3.8, 4) is 5.75 Å². The number of hydrogen-bond acceptors (Lipinski definition) is 4. The Hall–Kier alpha value is -2.04. The molecule has 5 nitrogen and oxygen atoms in total. The van der Waals surface area contributed by atoms with Gasteiger partial charge in [0, 0.05) is 12.6 Å². The highest BCUT2D eigenvalue weighted by molar-refractivity contribution is 5.93. The van der Waals surface area contributed by atoms with Crippen LogP contribution in [0.5, 0.6) is 5.75 Å². The summed E-state index contributed by atoms with van der Waals surface area (Å²) in [6, 6.07) is 6.51. The number of benzene rings is 1. The molecule has 1 amide bonds. The molecule has 0 bridgehead atoms. The summed E-state index contributed by atoms with van der Waals surface area (Å²) in [5.41, 5.74) is 0.0921. The predicted molar refractivity (Wildman–Crippen MR) is 85.1 cm³/mol. The Bertz CT molecular complexity index is 584.